The van der Waals surface area contributed by atoms with Crippen molar-refractivity contribution in [1.82, 2.24) is 29.5 Å². The quantitative estimate of drug-likeness (QED) is 0.657. The molecule has 0 aliphatic carbocycles. The number of imidazole rings is 1. The summed E-state index contributed by atoms with van der Waals surface area (Å²) >= 11 is 0. The second-order valence-corrected chi connectivity index (χ2v) is 7.18. The second kappa shape index (κ2) is 6.73. The molecule has 9 nitrogen and oxygen atoms in total. The number of anilines is 2. The smallest absolute Gasteiger partial charge is 0.225 e. The van der Waals surface area contributed by atoms with Crippen LogP contribution in [0.5, 0.6) is 0 Å². The van der Waals surface area contributed by atoms with E-state index < -0.39 is 0 Å². The Hall–Kier alpha value is -2.81. The van der Waals surface area contributed by atoms with Gasteiger partial charge >= 0.3 is 0 Å². The summed E-state index contributed by atoms with van der Waals surface area (Å²) in [5.41, 5.74) is 1.74. The molecule has 3 aromatic heterocycles. The van der Waals surface area contributed by atoms with Gasteiger partial charge in [-0.2, -0.15) is 0 Å². The average molecular weight is 366 g/mol. The van der Waals surface area contributed by atoms with Crippen LogP contribution in [0.4, 0.5) is 11.8 Å². The molecule has 27 heavy (non-hydrogen) atoms. The van der Waals surface area contributed by atoms with E-state index in [1.165, 1.54) is 0 Å². The summed E-state index contributed by atoms with van der Waals surface area (Å²) in [5, 5.41) is 0. The number of hydrogen-bond acceptors (Lipinski definition) is 8. The summed E-state index contributed by atoms with van der Waals surface area (Å²) in [6.07, 6.45) is 7.08. The van der Waals surface area contributed by atoms with Gasteiger partial charge < -0.3 is 19.1 Å². The maximum absolute atomic E-state index is 5.17. The van der Waals surface area contributed by atoms with Gasteiger partial charge in [-0.15, -0.1) is 0 Å². The van der Waals surface area contributed by atoms with Crippen LogP contribution in [0.3, 0.4) is 0 Å². The van der Waals surface area contributed by atoms with Crippen LogP contribution in [0, 0.1) is 11.8 Å². The third-order valence-corrected chi connectivity index (χ3v) is 5.54. The van der Waals surface area contributed by atoms with Crippen LogP contribution >= 0.6 is 0 Å². The molecule has 0 N–H and O–H groups in total. The Morgan fingerprint density at radius 1 is 0.963 bits per heavy atom. The van der Waals surface area contributed by atoms with Crippen LogP contribution in [0.15, 0.2) is 31.1 Å². The second-order valence-electron chi connectivity index (χ2n) is 7.18. The Balaban J connectivity index is 1.34. The predicted octanol–water partition coefficient (Wildman–Crippen LogP) is 0.835. The van der Waals surface area contributed by atoms with Gasteiger partial charge in [0.1, 0.15) is 6.33 Å². The Morgan fingerprint density at radius 2 is 1.70 bits per heavy atom. The van der Waals surface area contributed by atoms with E-state index in [1.807, 2.05) is 17.0 Å². The van der Waals surface area contributed by atoms with E-state index in [2.05, 4.69) is 34.7 Å². The molecule has 5 rings (SSSR count). The molecule has 0 saturated carbocycles. The first-order chi connectivity index (χ1) is 13.3. The summed E-state index contributed by atoms with van der Waals surface area (Å²) < 4.78 is 7.20. The molecule has 9 heteroatoms. The topological polar surface area (TPSA) is 85.1 Å². The zero-order chi connectivity index (χ0) is 18.2. The zero-order valence-corrected chi connectivity index (χ0v) is 15.3. The van der Waals surface area contributed by atoms with Gasteiger partial charge in [-0.3, -0.25) is 0 Å². The van der Waals surface area contributed by atoms with Crippen molar-refractivity contribution in [1.29, 1.82) is 0 Å². The molecule has 2 fully saturated rings. The van der Waals surface area contributed by atoms with E-state index >= 15 is 0 Å². The van der Waals surface area contributed by atoms with Gasteiger partial charge in [-0.1, -0.05) is 0 Å². The highest BCUT2D eigenvalue weighted by molar-refractivity contribution is 5.83. The van der Waals surface area contributed by atoms with Gasteiger partial charge in [-0.25, -0.2) is 24.9 Å². The third kappa shape index (κ3) is 2.87. The normalized spacial score (nSPS) is 22.0. The Kier molecular flexibility index (Phi) is 4.08. The van der Waals surface area contributed by atoms with Crippen LogP contribution < -0.4 is 9.80 Å². The van der Waals surface area contributed by atoms with Gasteiger partial charge in [0.15, 0.2) is 17.0 Å². The molecular formula is C18H22N8O. The maximum Gasteiger partial charge on any atom is 0.225 e. The monoisotopic (exact) mass is 366 g/mol. The molecule has 3 aromatic rings. The highest BCUT2D eigenvalue weighted by Gasteiger charge is 2.41. The molecule has 5 heterocycles. The lowest BCUT2D eigenvalue weighted by Gasteiger charge is -2.22. The molecule has 0 bridgehead atoms. The molecule has 2 saturated heterocycles. The van der Waals surface area contributed by atoms with Crippen molar-refractivity contribution in [2.75, 3.05) is 49.7 Å². The molecule has 2 atom stereocenters. The van der Waals surface area contributed by atoms with Crippen molar-refractivity contribution in [3.8, 4) is 0 Å². The summed E-state index contributed by atoms with van der Waals surface area (Å²) in [7, 11) is 1.70. The van der Waals surface area contributed by atoms with Crippen molar-refractivity contribution in [3.05, 3.63) is 31.1 Å². The number of hydrogen-bond donors (Lipinski definition) is 0. The molecule has 0 aromatic carbocycles. The molecule has 0 radical (unpaired) electrons. The minimum Gasteiger partial charge on any atom is -0.383 e. The van der Waals surface area contributed by atoms with E-state index in [1.54, 1.807) is 25.8 Å². The highest BCUT2D eigenvalue weighted by atomic mass is 16.5. The van der Waals surface area contributed by atoms with Gasteiger partial charge in [0, 0.05) is 64.1 Å². The summed E-state index contributed by atoms with van der Waals surface area (Å²) in [6, 6.07) is 1.86. The molecule has 2 aliphatic heterocycles. The lowest BCUT2D eigenvalue weighted by molar-refractivity contribution is 0.188. The first kappa shape index (κ1) is 16.4. The van der Waals surface area contributed by atoms with Crippen LogP contribution in [-0.4, -0.2) is 69.4 Å². The molecule has 0 amide bonds. The first-order valence-electron chi connectivity index (χ1n) is 9.25. The molecular weight excluding hydrogens is 344 g/mol. The van der Waals surface area contributed by atoms with Crippen LogP contribution in [0.1, 0.15) is 0 Å². The Morgan fingerprint density at radius 3 is 2.44 bits per heavy atom. The highest BCUT2D eigenvalue weighted by Crippen LogP contribution is 2.36. The van der Waals surface area contributed by atoms with Crippen LogP contribution in [-0.2, 0) is 11.3 Å². The van der Waals surface area contributed by atoms with Crippen molar-refractivity contribution in [3.63, 3.8) is 0 Å². The maximum atomic E-state index is 5.17. The minimum atomic E-state index is 0.592. The fourth-order valence-electron chi connectivity index (χ4n) is 4.24. The standard InChI is InChI=1S/C18H22N8O/c1-27-6-5-24-12-23-15-16(24)21-11-22-17(15)25-7-13-9-26(10-14(13)8-25)18-19-3-2-4-20-18/h2-4,11-14H,5-10H2,1H3. The number of fused-ring (bicyclic) bond motifs is 2. The lowest BCUT2D eigenvalue weighted by atomic mass is 10.0. The SMILES string of the molecule is COCCn1cnc2c(N3CC4CN(c5ncccn5)CC4C3)ncnc21. The van der Waals surface area contributed by atoms with E-state index in [0.29, 0.717) is 18.4 Å². The zero-order valence-electron chi connectivity index (χ0n) is 15.3. The number of methoxy groups -OCH3 is 1. The fourth-order valence-corrected chi connectivity index (χ4v) is 4.24. The van der Waals surface area contributed by atoms with E-state index in [9.17, 15) is 0 Å². The van der Waals surface area contributed by atoms with Crippen LogP contribution in [0.2, 0.25) is 0 Å². The molecule has 2 unspecified atom stereocenters. The average Bonchev–Trinajstić information content (AvgIpc) is 3.40. The van der Waals surface area contributed by atoms with Crippen molar-refractivity contribution >= 4 is 22.9 Å². The number of nitrogens with zero attached hydrogens (tertiary/aromatic N) is 8. The number of ether oxygens (including phenoxy) is 1. The first-order valence-corrected chi connectivity index (χ1v) is 9.25. The van der Waals surface area contributed by atoms with Gasteiger partial charge in [0.25, 0.3) is 0 Å². The minimum absolute atomic E-state index is 0.592. The van der Waals surface area contributed by atoms with E-state index in [4.69, 9.17) is 4.74 Å². The van der Waals surface area contributed by atoms with Gasteiger partial charge in [-0.05, 0) is 6.07 Å². The fraction of sp³-hybridized carbons (Fsp3) is 0.500. The number of aromatic nitrogens is 6. The Bertz CT molecular complexity index is 916. The van der Waals surface area contributed by atoms with Gasteiger partial charge in [0.2, 0.25) is 5.95 Å². The lowest BCUT2D eigenvalue weighted by Crippen LogP contribution is -2.30. The van der Waals surface area contributed by atoms with Gasteiger partial charge in [0.05, 0.1) is 12.9 Å². The predicted molar refractivity (Wildman–Crippen MR) is 101 cm³/mol. The summed E-state index contributed by atoms with van der Waals surface area (Å²) in [4.78, 5) is 27.0. The molecule has 0 spiro atoms. The summed E-state index contributed by atoms with van der Waals surface area (Å²) in [5.74, 6) is 2.96. The van der Waals surface area contributed by atoms with Crippen LogP contribution in [0.25, 0.3) is 11.2 Å². The largest absolute Gasteiger partial charge is 0.383 e. The van der Waals surface area contributed by atoms with Crippen molar-refractivity contribution in [2.45, 2.75) is 6.54 Å². The molecule has 140 valence electrons. The van der Waals surface area contributed by atoms with E-state index in [-0.39, 0.29) is 0 Å². The Labute approximate surface area is 157 Å². The third-order valence-electron chi connectivity index (χ3n) is 5.54. The van der Waals surface area contributed by atoms with Crippen molar-refractivity contribution in [2.24, 2.45) is 11.8 Å². The van der Waals surface area contributed by atoms with E-state index in [0.717, 1.165) is 55.7 Å². The number of rotatable bonds is 5. The molecule has 2 aliphatic rings. The summed E-state index contributed by atoms with van der Waals surface area (Å²) in [6.45, 7) is 5.30. The van der Waals surface area contributed by atoms with Crippen molar-refractivity contribution < 1.29 is 4.74 Å².